The molecule has 6 nitrogen and oxygen atoms in total. The summed E-state index contributed by atoms with van der Waals surface area (Å²) in [5, 5.41) is 12.3. The van der Waals surface area contributed by atoms with Crippen LogP contribution in [0.3, 0.4) is 0 Å². The maximum absolute atomic E-state index is 12.8. The molecule has 4 rings (SSSR count). The number of para-hydroxylation sites is 3. The van der Waals surface area contributed by atoms with Crippen LogP contribution >= 0.6 is 0 Å². The minimum atomic E-state index is -0.523. The lowest BCUT2D eigenvalue weighted by atomic mass is 10.1. The van der Waals surface area contributed by atoms with E-state index in [1.54, 1.807) is 54.9 Å². The van der Waals surface area contributed by atoms with Gasteiger partial charge in [0.1, 0.15) is 29.7 Å². The highest BCUT2D eigenvalue weighted by molar-refractivity contribution is 6.10. The smallest absolute Gasteiger partial charge is 0.266 e. The third-order valence-electron chi connectivity index (χ3n) is 4.82. The zero-order valence-electron chi connectivity index (χ0n) is 18.2. The van der Waals surface area contributed by atoms with Crippen molar-refractivity contribution >= 4 is 17.7 Å². The summed E-state index contributed by atoms with van der Waals surface area (Å²) >= 11 is 0. The molecule has 0 radical (unpaired) electrons. The lowest BCUT2D eigenvalue weighted by Crippen LogP contribution is -2.14. The largest absolute Gasteiger partial charge is 0.489 e. The second-order valence-corrected chi connectivity index (χ2v) is 7.25. The zero-order chi connectivity index (χ0) is 23.6. The van der Waals surface area contributed by atoms with Gasteiger partial charge in [0.2, 0.25) is 0 Å². The number of ether oxygens (including phenoxy) is 2. The molecule has 0 fully saturated rings. The van der Waals surface area contributed by atoms with Gasteiger partial charge in [-0.2, -0.15) is 5.26 Å². The van der Waals surface area contributed by atoms with Crippen LogP contribution in [-0.2, 0) is 11.4 Å². The highest BCUT2D eigenvalue weighted by atomic mass is 16.5. The number of carbonyl (C=O) groups excluding carboxylic acids is 1. The van der Waals surface area contributed by atoms with E-state index >= 15 is 0 Å². The van der Waals surface area contributed by atoms with Gasteiger partial charge in [0.25, 0.3) is 5.91 Å². The Morgan fingerprint density at radius 3 is 2.32 bits per heavy atom. The number of hydrogen-bond donors (Lipinski definition) is 1. The molecular weight excluding hydrogens is 426 g/mol. The molecule has 0 saturated heterocycles. The van der Waals surface area contributed by atoms with Crippen molar-refractivity contribution in [2.75, 3.05) is 5.32 Å². The van der Waals surface area contributed by atoms with Gasteiger partial charge in [-0.15, -0.1) is 0 Å². The Hall–Kier alpha value is -4.89. The Morgan fingerprint density at radius 2 is 1.59 bits per heavy atom. The summed E-state index contributed by atoms with van der Waals surface area (Å²) in [4.78, 5) is 16.8. The Labute approximate surface area is 197 Å². The normalized spacial score (nSPS) is 10.7. The van der Waals surface area contributed by atoms with Gasteiger partial charge in [-0.1, -0.05) is 42.5 Å². The zero-order valence-corrected chi connectivity index (χ0v) is 18.2. The van der Waals surface area contributed by atoms with Gasteiger partial charge in [-0.3, -0.25) is 9.78 Å². The Morgan fingerprint density at radius 1 is 0.882 bits per heavy atom. The third-order valence-corrected chi connectivity index (χ3v) is 4.82. The molecule has 6 heteroatoms. The minimum Gasteiger partial charge on any atom is -0.489 e. The topological polar surface area (TPSA) is 84.2 Å². The number of hydrogen-bond acceptors (Lipinski definition) is 5. The monoisotopic (exact) mass is 447 g/mol. The molecule has 166 valence electrons. The number of benzene rings is 3. The molecule has 4 aromatic rings. The average molecular weight is 447 g/mol. The summed E-state index contributed by atoms with van der Waals surface area (Å²) in [6.45, 7) is 0.425. The van der Waals surface area contributed by atoms with Crippen LogP contribution in [0.5, 0.6) is 17.2 Å². The fourth-order valence-electron chi connectivity index (χ4n) is 3.09. The van der Waals surface area contributed by atoms with Gasteiger partial charge in [0.05, 0.1) is 5.69 Å². The number of anilines is 1. The van der Waals surface area contributed by atoms with E-state index in [0.717, 1.165) is 5.56 Å². The molecule has 0 spiro atoms. The van der Waals surface area contributed by atoms with E-state index in [0.29, 0.717) is 35.1 Å². The van der Waals surface area contributed by atoms with Crippen molar-refractivity contribution in [2.24, 2.45) is 0 Å². The van der Waals surface area contributed by atoms with Gasteiger partial charge >= 0.3 is 0 Å². The third kappa shape index (κ3) is 6.09. The number of nitriles is 1. The van der Waals surface area contributed by atoms with Gasteiger partial charge in [0, 0.05) is 12.4 Å². The number of aromatic nitrogens is 1. The first-order valence-electron chi connectivity index (χ1n) is 10.6. The van der Waals surface area contributed by atoms with Crippen LogP contribution < -0.4 is 14.8 Å². The van der Waals surface area contributed by atoms with E-state index in [2.05, 4.69) is 10.3 Å². The van der Waals surface area contributed by atoms with Crippen LogP contribution in [0.1, 0.15) is 11.1 Å². The predicted octanol–water partition coefficient (Wildman–Crippen LogP) is 6.00. The molecule has 0 aliphatic heterocycles. The average Bonchev–Trinajstić information content (AvgIpc) is 2.89. The van der Waals surface area contributed by atoms with E-state index in [1.165, 1.54) is 6.08 Å². The summed E-state index contributed by atoms with van der Waals surface area (Å²) in [6, 6.07) is 29.3. The van der Waals surface area contributed by atoms with E-state index in [4.69, 9.17) is 9.47 Å². The van der Waals surface area contributed by atoms with Gasteiger partial charge in [0.15, 0.2) is 5.75 Å². The van der Waals surface area contributed by atoms with Crippen molar-refractivity contribution in [1.82, 2.24) is 4.98 Å². The fourth-order valence-corrected chi connectivity index (χ4v) is 3.09. The van der Waals surface area contributed by atoms with Crippen molar-refractivity contribution in [3.8, 4) is 23.3 Å². The van der Waals surface area contributed by atoms with E-state index in [9.17, 15) is 10.1 Å². The standard InChI is InChI=1S/C28H21N3O3/c29-19-23(18-21-10-12-24(13-11-21)33-20-22-14-16-30-17-15-22)28(32)31-26-8-4-5-9-27(26)34-25-6-2-1-3-7-25/h1-18H,20H2,(H,31,32)/b23-18+. The fraction of sp³-hybridized carbons (Fsp3) is 0.0357. The highest BCUT2D eigenvalue weighted by Crippen LogP contribution is 2.29. The van der Waals surface area contributed by atoms with Crippen LogP contribution in [0.4, 0.5) is 5.69 Å². The quantitative estimate of drug-likeness (QED) is 0.265. The highest BCUT2D eigenvalue weighted by Gasteiger charge is 2.13. The predicted molar refractivity (Wildman–Crippen MR) is 130 cm³/mol. The Bertz CT molecular complexity index is 1310. The molecule has 0 aliphatic carbocycles. The molecule has 1 N–H and O–H groups in total. The Balaban J connectivity index is 1.43. The molecule has 0 bridgehead atoms. The maximum Gasteiger partial charge on any atom is 0.266 e. The first kappa shape index (κ1) is 22.3. The second-order valence-electron chi connectivity index (χ2n) is 7.25. The molecule has 0 atom stereocenters. The van der Waals surface area contributed by atoms with E-state index in [-0.39, 0.29) is 5.57 Å². The van der Waals surface area contributed by atoms with Gasteiger partial charge in [-0.25, -0.2) is 0 Å². The van der Waals surface area contributed by atoms with Crippen molar-refractivity contribution in [1.29, 1.82) is 5.26 Å². The molecule has 34 heavy (non-hydrogen) atoms. The number of pyridine rings is 1. The van der Waals surface area contributed by atoms with Gasteiger partial charge in [-0.05, 0) is 65.7 Å². The summed E-state index contributed by atoms with van der Waals surface area (Å²) in [5.41, 5.74) is 2.16. The van der Waals surface area contributed by atoms with Crippen molar-refractivity contribution in [3.63, 3.8) is 0 Å². The van der Waals surface area contributed by atoms with Crippen molar-refractivity contribution < 1.29 is 14.3 Å². The van der Waals surface area contributed by atoms with Gasteiger partial charge < -0.3 is 14.8 Å². The molecule has 0 saturated carbocycles. The van der Waals surface area contributed by atoms with Crippen molar-refractivity contribution in [3.05, 3.63) is 120 Å². The SMILES string of the molecule is N#C/C(=C\c1ccc(OCc2ccncc2)cc1)C(=O)Nc1ccccc1Oc1ccccc1. The Kier molecular flexibility index (Phi) is 7.29. The molecule has 0 aliphatic rings. The molecular formula is C28H21N3O3. The summed E-state index contributed by atoms with van der Waals surface area (Å²) in [5.74, 6) is 1.29. The first-order chi connectivity index (χ1) is 16.7. The number of rotatable bonds is 8. The molecule has 3 aromatic carbocycles. The lowest BCUT2D eigenvalue weighted by Gasteiger charge is -2.12. The van der Waals surface area contributed by atoms with Crippen LogP contribution in [0.25, 0.3) is 6.08 Å². The van der Waals surface area contributed by atoms with Crippen molar-refractivity contribution in [2.45, 2.75) is 6.61 Å². The van der Waals surface area contributed by atoms with Crippen LogP contribution in [0.2, 0.25) is 0 Å². The molecule has 1 amide bonds. The molecule has 1 heterocycles. The van der Waals surface area contributed by atoms with Crippen LogP contribution in [0.15, 0.2) is 109 Å². The summed E-state index contributed by atoms with van der Waals surface area (Å²) in [7, 11) is 0. The molecule has 1 aromatic heterocycles. The minimum absolute atomic E-state index is 0.0278. The number of carbonyl (C=O) groups is 1. The van der Waals surface area contributed by atoms with Crippen LogP contribution in [-0.4, -0.2) is 10.9 Å². The van der Waals surface area contributed by atoms with E-state index < -0.39 is 5.91 Å². The number of amides is 1. The first-order valence-corrected chi connectivity index (χ1v) is 10.6. The summed E-state index contributed by atoms with van der Waals surface area (Å²) < 4.78 is 11.6. The number of nitrogens with zero attached hydrogens (tertiary/aromatic N) is 2. The van der Waals surface area contributed by atoms with Crippen LogP contribution in [0, 0.1) is 11.3 Å². The summed E-state index contributed by atoms with van der Waals surface area (Å²) in [6.07, 6.45) is 4.96. The van der Waals surface area contributed by atoms with E-state index in [1.807, 2.05) is 54.6 Å². The second kappa shape index (κ2) is 11.1. The lowest BCUT2D eigenvalue weighted by molar-refractivity contribution is -0.112. The number of nitrogens with one attached hydrogen (secondary N) is 1. The maximum atomic E-state index is 12.8. The molecule has 0 unspecified atom stereocenters.